The van der Waals surface area contributed by atoms with Gasteiger partial charge in [-0.2, -0.15) is 0 Å². The van der Waals surface area contributed by atoms with Gasteiger partial charge in [0.05, 0.1) is 24.2 Å². The summed E-state index contributed by atoms with van der Waals surface area (Å²) in [6, 6.07) is 6.60. The molecule has 1 saturated heterocycles. The van der Waals surface area contributed by atoms with Crippen LogP contribution in [0.25, 0.3) is 0 Å². The maximum absolute atomic E-state index is 12.5. The summed E-state index contributed by atoms with van der Waals surface area (Å²) >= 11 is 0. The topological polar surface area (TPSA) is 113 Å². The number of likely N-dealkylation sites (tertiary alicyclic amines) is 1. The number of ether oxygens (including phenoxy) is 1. The first-order valence-electron chi connectivity index (χ1n) is 10.6. The van der Waals surface area contributed by atoms with E-state index in [0.717, 1.165) is 4.90 Å². The standard InChI is InChI=1S/C22H27N3O6/c1-2-31-20(28)8-7-18(26)23-15-9-12-24(13-10-15)19(27)11-14-25-21(29)16-5-3-4-6-17(16)22(25)30/h3-6,15H,2,7-14H2,1H3,(H,23,26). The third-order valence-electron chi connectivity index (χ3n) is 5.50. The summed E-state index contributed by atoms with van der Waals surface area (Å²) in [6.07, 6.45) is 1.43. The van der Waals surface area contributed by atoms with Crippen LogP contribution in [0.4, 0.5) is 0 Å². The monoisotopic (exact) mass is 429 g/mol. The number of amides is 4. The van der Waals surface area contributed by atoms with Gasteiger partial charge in [-0.3, -0.25) is 28.9 Å². The Morgan fingerprint density at radius 1 is 1.00 bits per heavy atom. The van der Waals surface area contributed by atoms with E-state index in [1.165, 1.54) is 0 Å². The molecule has 2 aliphatic rings. The minimum Gasteiger partial charge on any atom is -0.466 e. The van der Waals surface area contributed by atoms with Gasteiger partial charge in [-0.25, -0.2) is 0 Å². The Labute approximate surface area is 180 Å². The third kappa shape index (κ3) is 5.48. The number of nitrogens with one attached hydrogen (secondary N) is 1. The van der Waals surface area contributed by atoms with E-state index < -0.39 is 5.97 Å². The van der Waals surface area contributed by atoms with Crippen LogP contribution in [-0.2, 0) is 19.1 Å². The highest BCUT2D eigenvalue weighted by Crippen LogP contribution is 2.22. The fourth-order valence-electron chi connectivity index (χ4n) is 3.83. The molecule has 31 heavy (non-hydrogen) atoms. The van der Waals surface area contributed by atoms with Gasteiger partial charge < -0.3 is 15.0 Å². The quantitative estimate of drug-likeness (QED) is 0.490. The molecule has 2 heterocycles. The van der Waals surface area contributed by atoms with Crippen molar-refractivity contribution in [3.63, 3.8) is 0 Å². The number of hydrogen-bond acceptors (Lipinski definition) is 6. The minimum atomic E-state index is -0.392. The number of piperidine rings is 1. The van der Waals surface area contributed by atoms with Gasteiger partial charge in [0.15, 0.2) is 0 Å². The van der Waals surface area contributed by atoms with Crippen LogP contribution in [0.2, 0.25) is 0 Å². The first-order valence-corrected chi connectivity index (χ1v) is 10.6. The van der Waals surface area contributed by atoms with E-state index in [1.807, 2.05) is 0 Å². The highest BCUT2D eigenvalue weighted by Gasteiger charge is 2.35. The number of hydrogen-bond donors (Lipinski definition) is 1. The smallest absolute Gasteiger partial charge is 0.306 e. The van der Waals surface area contributed by atoms with Crippen LogP contribution in [-0.4, -0.2) is 71.7 Å². The molecule has 0 bridgehead atoms. The van der Waals surface area contributed by atoms with Gasteiger partial charge in [0.25, 0.3) is 11.8 Å². The summed E-state index contributed by atoms with van der Waals surface area (Å²) in [6.45, 7) is 3.04. The summed E-state index contributed by atoms with van der Waals surface area (Å²) in [5.74, 6) is -1.45. The third-order valence-corrected chi connectivity index (χ3v) is 5.50. The second-order valence-corrected chi connectivity index (χ2v) is 7.59. The molecule has 9 heteroatoms. The summed E-state index contributed by atoms with van der Waals surface area (Å²) in [5, 5.41) is 2.89. The Bertz CT molecular complexity index is 841. The Morgan fingerprint density at radius 3 is 2.19 bits per heavy atom. The second kappa shape index (κ2) is 10.2. The number of fused-ring (bicyclic) bond motifs is 1. The van der Waals surface area contributed by atoms with Crippen molar-refractivity contribution in [3.8, 4) is 0 Å². The van der Waals surface area contributed by atoms with E-state index in [9.17, 15) is 24.0 Å². The van der Waals surface area contributed by atoms with Crippen molar-refractivity contribution in [1.29, 1.82) is 0 Å². The van der Waals surface area contributed by atoms with Crippen molar-refractivity contribution in [1.82, 2.24) is 15.1 Å². The molecule has 0 aromatic heterocycles. The molecule has 0 unspecified atom stereocenters. The van der Waals surface area contributed by atoms with Crippen molar-refractivity contribution in [3.05, 3.63) is 35.4 Å². The average Bonchev–Trinajstić information content (AvgIpc) is 3.01. The lowest BCUT2D eigenvalue weighted by Crippen LogP contribution is -2.47. The van der Waals surface area contributed by atoms with E-state index in [2.05, 4.69) is 5.32 Å². The normalized spacial score (nSPS) is 16.3. The molecule has 0 radical (unpaired) electrons. The molecular weight excluding hydrogens is 402 g/mol. The molecule has 1 aromatic rings. The average molecular weight is 429 g/mol. The zero-order valence-electron chi connectivity index (χ0n) is 17.6. The molecule has 1 N–H and O–H groups in total. The molecule has 0 aliphatic carbocycles. The van der Waals surface area contributed by atoms with Crippen LogP contribution in [0.1, 0.15) is 59.7 Å². The van der Waals surface area contributed by atoms with Gasteiger partial charge in [0.1, 0.15) is 0 Å². The first kappa shape index (κ1) is 22.5. The second-order valence-electron chi connectivity index (χ2n) is 7.59. The summed E-state index contributed by atoms with van der Waals surface area (Å²) in [5.41, 5.74) is 0.749. The van der Waals surface area contributed by atoms with Gasteiger partial charge in [0.2, 0.25) is 11.8 Å². The summed E-state index contributed by atoms with van der Waals surface area (Å²) in [7, 11) is 0. The van der Waals surface area contributed by atoms with Crippen molar-refractivity contribution in [2.75, 3.05) is 26.2 Å². The van der Waals surface area contributed by atoms with Crippen LogP contribution < -0.4 is 5.32 Å². The number of carbonyl (C=O) groups excluding carboxylic acids is 5. The first-order chi connectivity index (χ1) is 14.9. The lowest BCUT2D eigenvalue weighted by Gasteiger charge is -2.32. The predicted octanol–water partition coefficient (Wildman–Crippen LogP) is 1.12. The molecule has 3 rings (SSSR count). The number of rotatable bonds is 8. The Kier molecular flexibility index (Phi) is 7.38. The SMILES string of the molecule is CCOC(=O)CCC(=O)NC1CCN(C(=O)CCN2C(=O)c3ccccc3C2=O)CC1. The lowest BCUT2D eigenvalue weighted by molar-refractivity contribution is -0.144. The molecule has 0 atom stereocenters. The van der Waals surface area contributed by atoms with Crippen LogP contribution >= 0.6 is 0 Å². The Hall–Kier alpha value is -3.23. The number of nitrogens with zero attached hydrogens (tertiary/aromatic N) is 2. The number of imide groups is 1. The maximum atomic E-state index is 12.5. The van der Waals surface area contributed by atoms with E-state index in [-0.39, 0.29) is 55.5 Å². The lowest BCUT2D eigenvalue weighted by atomic mass is 10.0. The van der Waals surface area contributed by atoms with Crippen molar-refractivity contribution < 1.29 is 28.7 Å². The molecule has 166 valence electrons. The number of benzene rings is 1. The zero-order chi connectivity index (χ0) is 22.4. The molecule has 1 fully saturated rings. The van der Waals surface area contributed by atoms with Crippen molar-refractivity contribution in [2.45, 2.75) is 45.1 Å². The fourth-order valence-corrected chi connectivity index (χ4v) is 3.83. The fraction of sp³-hybridized carbons (Fsp3) is 0.500. The zero-order valence-corrected chi connectivity index (χ0v) is 17.6. The van der Waals surface area contributed by atoms with Gasteiger partial charge in [-0.15, -0.1) is 0 Å². The molecule has 0 saturated carbocycles. The maximum Gasteiger partial charge on any atom is 0.306 e. The van der Waals surface area contributed by atoms with E-state index in [4.69, 9.17) is 4.74 Å². The molecule has 4 amide bonds. The number of esters is 1. The predicted molar refractivity (Wildman–Crippen MR) is 110 cm³/mol. The van der Waals surface area contributed by atoms with Crippen LogP contribution in [0.5, 0.6) is 0 Å². The van der Waals surface area contributed by atoms with E-state index >= 15 is 0 Å². The summed E-state index contributed by atoms with van der Waals surface area (Å²) < 4.78 is 4.81. The van der Waals surface area contributed by atoms with Gasteiger partial charge in [-0.1, -0.05) is 12.1 Å². The van der Waals surface area contributed by atoms with Gasteiger partial charge in [0, 0.05) is 38.5 Å². The Morgan fingerprint density at radius 2 is 1.61 bits per heavy atom. The highest BCUT2D eigenvalue weighted by molar-refractivity contribution is 6.21. The van der Waals surface area contributed by atoms with Gasteiger partial charge in [-0.05, 0) is 31.9 Å². The van der Waals surface area contributed by atoms with E-state index in [0.29, 0.717) is 43.7 Å². The van der Waals surface area contributed by atoms with Gasteiger partial charge >= 0.3 is 5.97 Å². The molecule has 2 aliphatic heterocycles. The molecule has 9 nitrogen and oxygen atoms in total. The summed E-state index contributed by atoms with van der Waals surface area (Å²) in [4.78, 5) is 63.4. The Balaban J connectivity index is 1.39. The van der Waals surface area contributed by atoms with Crippen LogP contribution in [0, 0.1) is 0 Å². The van der Waals surface area contributed by atoms with Crippen molar-refractivity contribution in [2.24, 2.45) is 0 Å². The van der Waals surface area contributed by atoms with Crippen molar-refractivity contribution >= 4 is 29.6 Å². The molecule has 0 spiro atoms. The van der Waals surface area contributed by atoms with E-state index in [1.54, 1.807) is 36.1 Å². The molecule has 1 aromatic carbocycles. The highest BCUT2D eigenvalue weighted by atomic mass is 16.5. The minimum absolute atomic E-state index is 0.0463. The molecular formula is C22H27N3O6. The largest absolute Gasteiger partial charge is 0.466 e. The number of carbonyl (C=O) groups is 5. The van der Waals surface area contributed by atoms with Crippen LogP contribution in [0.3, 0.4) is 0 Å². The van der Waals surface area contributed by atoms with Crippen LogP contribution in [0.15, 0.2) is 24.3 Å².